The second-order valence-corrected chi connectivity index (χ2v) is 10.6. The summed E-state index contributed by atoms with van der Waals surface area (Å²) >= 11 is -0.924. The molecule has 0 aromatic carbocycles. The summed E-state index contributed by atoms with van der Waals surface area (Å²) in [5, 5.41) is 1.53. The summed E-state index contributed by atoms with van der Waals surface area (Å²) in [7, 11) is 0. The van der Waals surface area contributed by atoms with Crippen molar-refractivity contribution < 1.29 is 0 Å². The van der Waals surface area contributed by atoms with Crippen LogP contribution in [-0.2, 0) is 0 Å². The Labute approximate surface area is 56.0 Å². The van der Waals surface area contributed by atoms with Gasteiger partial charge in [-0.3, -0.25) is 0 Å². The number of hydrogen-bond donors (Lipinski definition) is 0. The lowest BCUT2D eigenvalue weighted by Gasteiger charge is -2.17. The Kier molecular flexibility index (Phi) is 3.77. The molecule has 0 heterocycles. The van der Waals surface area contributed by atoms with E-state index in [1.165, 1.54) is 18.1 Å². The average molecular weight is 129 g/mol. The minimum absolute atomic E-state index is 0.924. The fourth-order valence-corrected chi connectivity index (χ4v) is 2.45. The van der Waals surface area contributed by atoms with Crippen LogP contribution in [0, 0.1) is 0 Å². The van der Waals surface area contributed by atoms with Gasteiger partial charge in [-0.1, -0.05) is 19.8 Å². The van der Waals surface area contributed by atoms with Crippen LogP contribution in [0.15, 0.2) is 0 Å². The maximum atomic E-state index is 2.46. The first-order valence-corrected chi connectivity index (χ1v) is 8.13. The van der Waals surface area contributed by atoms with Crippen molar-refractivity contribution in [3.8, 4) is 0 Å². The predicted octanol–water partition coefficient (Wildman–Crippen LogP) is 3.12. The molecule has 0 unspecified atom stereocenters. The second kappa shape index (κ2) is 3.54. The minimum atomic E-state index is -0.924. The molecule has 0 aliphatic heterocycles. The fourth-order valence-electron chi connectivity index (χ4n) is 0.816. The zero-order valence-electron chi connectivity index (χ0n) is 6.70. The van der Waals surface area contributed by atoms with E-state index in [0.717, 1.165) is 0 Å². The van der Waals surface area contributed by atoms with Gasteiger partial charge < -0.3 is 0 Å². The van der Waals surface area contributed by atoms with Gasteiger partial charge in [0.2, 0.25) is 0 Å². The van der Waals surface area contributed by atoms with Crippen molar-refractivity contribution in [3.05, 3.63) is 0 Å². The second-order valence-electron chi connectivity index (χ2n) is 4.10. The Morgan fingerprint density at radius 3 is 1.75 bits per heavy atom. The van der Waals surface area contributed by atoms with E-state index in [4.69, 9.17) is 0 Å². The van der Waals surface area contributed by atoms with Gasteiger partial charge in [0.15, 0.2) is 0 Å². The molecule has 0 radical (unpaired) electrons. The maximum Gasteiger partial charge on any atom is 0.124 e. The lowest BCUT2D eigenvalue weighted by molar-refractivity contribution is 0.868. The topological polar surface area (TPSA) is 0 Å². The first-order valence-electron chi connectivity index (χ1n) is 3.85. The molecule has 0 rings (SSSR count). The number of unbranched alkanes of at least 4 members (excludes halogenated alkanes) is 1. The van der Waals surface area contributed by atoms with Crippen LogP contribution >= 0.6 is 0 Å². The monoisotopic (exact) mass is 129 g/mol. The van der Waals surface area contributed by atoms with Gasteiger partial charge in [0.05, 0.1) is 0 Å². The molecule has 50 valence electrons. The van der Waals surface area contributed by atoms with E-state index in [0.29, 0.717) is 0 Å². The molecule has 0 bridgehead atoms. The molecule has 0 aromatic rings. The maximum absolute atomic E-state index is 2.46. The highest BCUT2D eigenvalue weighted by Gasteiger charge is 2.07. The van der Waals surface area contributed by atoms with E-state index >= 15 is 0 Å². The number of hydrogen-bond acceptors (Lipinski definition) is 0. The Balaban J connectivity index is 3.11. The average Bonchev–Trinajstić information content (AvgIpc) is 1.59. The van der Waals surface area contributed by atoms with E-state index in [-0.39, 0.29) is 0 Å². The Hall–Kier alpha value is 0.532. The lowest BCUT2D eigenvalue weighted by atomic mass is 10.4. The van der Waals surface area contributed by atoms with Crippen LogP contribution in [0.2, 0.25) is 22.6 Å². The molecule has 0 amide bonds. The Morgan fingerprint density at radius 1 is 1.12 bits per heavy atom. The Bertz CT molecular complexity index is 51.9. The summed E-state index contributed by atoms with van der Waals surface area (Å²) in [5.41, 5.74) is 0. The summed E-state index contributed by atoms with van der Waals surface area (Å²) in [6, 6.07) is 0. The zero-order chi connectivity index (χ0) is 6.62. The predicted molar refractivity (Wildman–Crippen MR) is 43.1 cm³/mol. The van der Waals surface area contributed by atoms with Crippen LogP contribution in [-0.4, -0.2) is 13.1 Å². The molecule has 0 aliphatic carbocycles. The minimum Gasteiger partial charge on any atom is -0.204 e. The van der Waals surface area contributed by atoms with Crippen LogP contribution in [0.3, 0.4) is 0 Å². The van der Waals surface area contributed by atoms with Crippen molar-refractivity contribution in [1.82, 2.24) is 0 Å². The quantitative estimate of drug-likeness (QED) is 0.513. The van der Waals surface area contributed by atoms with E-state index in [9.17, 15) is 0 Å². The highest BCUT2D eigenvalue weighted by atomic mass is 27.2. The van der Waals surface area contributed by atoms with Crippen LogP contribution < -0.4 is 0 Å². The van der Waals surface area contributed by atoms with Crippen LogP contribution in [0.25, 0.3) is 0 Å². The third-order valence-corrected chi connectivity index (χ3v) is 3.56. The molecule has 1 heteroatoms. The normalized spacial score (nSPS) is 12.0. The van der Waals surface area contributed by atoms with Gasteiger partial charge in [0, 0.05) is 0 Å². The molecule has 0 saturated heterocycles. The smallest absolute Gasteiger partial charge is 0.124 e. The third kappa shape index (κ3) is 6.53. The highest BCUT2D eigenvalue weighted by molar-refractivity contribution is 6.76. The lowest BCUT2D eigenvalue weighted by Crippen LogP contribution is -2.18. The molecular formula is C7H18Al-. The van der Waals surface area contributed by atoms with Gasteiger partial charge in [-0.2, -0.15) is 5.28 Å². The van der Waals surface area contributed by atoms with Crippen molar-refractivity contribution in [1.29, 1.82) is 0 Å². The van der Waals surface area contributed by atoms with Gasteiger partial charge in [-0.15, -0.1) is 0 Å². The largest absolute Gasteiger partial charge is 0.204 e. The summed E-state index contributed by atoms with van der Waals surface area (Å²) in [6.07, 6.45) is 2.82. The molecule has 0 fully saturated rings. The third-order valence-electron chi connectivity index (χ3n) is 1.42. The molecule has 0 saturated carbocycles. The standard InChI is InChI=1S/C4H9.3CH3.Al/c1-3-4-2;;;;/h1,3-4H2,2H3;3*1H3;/q;;;;-1. The molecule has 0 aliphatic rings. The van der Waals surface area contributed by atoms with Crippen molar-refractivity contribution in [2.24, 2.45) is 0 Å². The Morgan fingerprint density at radius 2 is 1.62 bits per heavy atom. The molecule has 0 spiro atoms. The van der Waals surface area contributed by atoms with Gasteiger partial charge in [0.25, 0.3) is 0 Å². The van der Waals surface area contributed by atoms with Crippen molar-refractivity contribution in [2.75, 3.05) is 0 Å². The molecule has 0 aromatic heterocycles. The summed E-state index contributed by atoms with van der Waals surface area (Å²) < 4.78 is 0. The summed E-state index contributed by atoms with van der Waals surface area (Å²) in [4.78, 5) is 0. The molecular weight excluding hydrogens is 111 g/mol. The molecule has 8 heavy (non-hydrogen) atoms. The highest BCUT2D eigenvalue weighted by Crippen LogP contribution is 2.11. The van der Waals surface area contributed by atoms with Crippen molar-refractivity contribution in [2.45, 2.75) is 42.4 Å². The van der Waals surface area contributed by atoms with E-state index < -0.39 is 13.1 Å². The number of rotatable bonds is 3. The van der Waals surface area contributed by atoms with Crippen molar-refractivity contribution in [3.63, 3.8) is 0 Å². The first-order chi connectivity index (χ1) is 3.56. The summed E-state index contributed by atoms with van der Waals surface area (Å²) in [6.45, 7) is 2.27. The van der Waals surface area contributed by atoms with Crippen molar-refractivity contribution >= 4 is 13.1 Å². The van der Waals surface area contributed by atoms with Gasteiger partial charge in [0.1, 0.15) is 13.1 Å². The SMILES string of the molecule is CCC[CH2][Al-]([CH3])([CH3])[CH3]. The van der Waals surface area contributed by atoms with Gasteiger partial charge >= 0.3 is 0 Å². The summed E-state index contributed by atoms with van der Waals surface area (Å²) in [5.74, 6) is 7.38. The van der Waals surface area contributed by atoms with Crippen LogP contribution in [0.4, 0.5) is 0 Å². The molecule has 0 N–H and O–H groups in total. The fraction of sp³-hybridized carbons (Fsp3) is 1.00. The van der Waals surface area contributed by atoms with Gasteiger partial charge in [-0.25, -0.2) is 17.4 Å². The van der Waals surface area contributed by atoms with E-state index in [1.807, 2.05) is 0 Å². The molecule has 0 nitrogen and oxygen atoms in total. The van der Waals surface area contributed by atoms with Crippen LogP contribution in [0.1, 0.15) is 19.8 Å². The first kappa shape index (κ1) is 8.53. The zero-order valence-corrected chi connectivity index (χ0v) is 7.85. The van der Waals surface area contributed by atoms with E-state index in [1.54, 1.807) is 0 Å². The molecule has 0 atom stereocenters. The van der Waals surface area contributed by atoms with Crippen LogP contribution in [0.5, 0.6) is 0 Å². The van der Waals surface area contributed by atoms with E-state index in [2.05, 4.69) is 24.3 Å². The van der Waals surface area contributed by atoms with Gasteiger partial charge in [-0.05, 0) is 0 Å².